The van der Waals surface area contributed by atoms with Crippen LogP contribution in [0, 0.1) is 12.7 Å². The molecule has 1 aliphatic rings. The molecule has 1 aliphatic heterocycles. The Labute approximate surface area is 145 Å². The molecule has 0 spiro atoms. The minimum absolute atomic E-state index is 0.139. The zero-order chi connectivity index (χ0) is 17.8. The summed E-state index contributed by atoms with van der Waals surface area (Å²) in [6, 6.07) is 8.12. The van der Waals surface area contributed by atoms with Crippen LogP contribution in [0.5, 0.6) is 17.2 Å². The van der Waals surface area contributed by atoms with Crippen LogP contribution in [0.3, 0.4) is 0 Å². The molecular formula is C19H18FNO4. The molecule has 1 heterocycles. The van der Waals surface area contributed by atoms with Crippen molar-refractivity contribution in [3.63, 3.8) is 0 Å². The van der Waals surface area contributed by atoms with Gasteiger partial charge in [-0.25, -0.2) is 4.39 Å². The molecule has 0 saturated carbocycles. The van der Waals surface area contributed by atoms with Crippen molar-refractivity contribution in [1.29, 1.82) is 0 Å². The van der Waals surface area contributed by atoms with Crippen LogP contribution in [-0.4, -0.2) is 26.2 Å². The highest BCUT2D eigenvalue weighted by Crippen LogP contribution is 2.40. The van der Waals surface area contributed by atoms with E-state index in [1.807, 2.05) is 0 Å². The molecule has 2 aromatic carbocycles. The lowest BCUT2D eigenvalue weighted by atomic mass is 10.1. The van der Waals surface area contributed by atoms with Crippen LogP contribution in [0.2, 0.25) is 0 Å². The van der Waals surface area contributed by atoms with Crippen LogP contribution in [0.4, 0.5) is 10.1 Å². The van der Waals surface area contributed by atoms with Gasteiger partial charge in [-0.15, -0.1) is 0 Å². The van der Waals surface area contributed by atoms with Gasteiger partial charge in [0.1, 0.15) is 19.0 Å². The maximum absolute atomic E-state index is 13.8. The summed E-state index contributed by atoms with van der Waals surface area (Å²) in [7, 11) is 1.54. The van der Waals surface area contributed by atoms with Crippen LogP contribution in [0.15, 0.2) is 36.4 Å². The topological polar surface area (TPSA) is 56.8 Å². The molecule has 2 aromatic rings. The highest BCUT2D eigenvalue weighted by molar-refractivity contribution is 6.02. The van der Waals surface area contributed by atoms with Gasteiger partial charge in [-0.2, -0.15) is 0 Å². The van der Waals surface area contributed by atoms with Crippen molar-refractivity contribution in [2.75, 3.05) is 25.6 Å². The van der Waals surface area contributed by atoms with E-state index in [0.29, 0.717) is 36.0 Å². The molecule has 0 radical (unpaired) electrons. The van der Waals surface area contributed by atoms with E-state index < -0.39 is 11.7 Å². The molecule has 130 valence electrons. The van der Waals surface area contributed by atoms with Crippen molar-refractivity contribution >= 4 is 17.7 Å². The van der Waals surface area contributed by atoms with Crippen molar-refractivity contribution in [2.24, 2.45) is 0 Å². The first-order chi connectivity index (χ1) is 12.1. The number of aryl methyl sites for hydroxylation is 1. The first-order valence-electron chi connectivity index (χ1n) is 7.79. The molecule has 0 atom stereocenters. The van der Waals surface area contributed by atoms with E-state index in [2.05, 4.69) is 5.32 Å². The lowest BCUT2D eigenvalue weighted by Crippen LogP contribution is -2.16. The van der Waals surface area contributed by atoms with Gasteiger partial charge in [0.05, 0.1) is 12.8 Å². The van der Waals surface area contributed by atoms with Gasteiger partial charge in [0.15, 0.2) is 11.5 Å². The van der Waals surface area contributed by atoms with Gasteiger partial charge in [-0.1, -0.05) is 6.07 Å². The summed E-state index contributed by atoms with van der Waals surface area (Å²) in [5.41, 5.74) is 1.63. The molecular weight excluding hydrogens is 325 g/mol. The van der Waals surface area contributed by atoms with Crippen molar-refractivity contribution in [1.82, 2.24) is 0 Å². The van der Waals surface area contributed by atoms with Gasteiger partial charge in [0.2, 0.25) is 11.7 Å². The summed E-state index contributed by atoms with van der Waals surface area (Å²) in [6.07, 6.45) is 2.92. The molecule has 0 aromatic heterocycles. The maximum atomic E-state index is 13.8. The Morgan fingerprint density at radius 2 is 2.04 bits per heavy atom. The number of amides is 1. The molecule has 0 fully saturated rings. The number of benzene rings is 2. The van der Waals surface area contributed by atoms with E-state index in [0.717, 1.165) is 5.56 Å². The number of carbonyl (C=O) groups is 1. The van der Waals surface area contributed by atoms with Crippen LogP contribution < -0.4 is 19.5 Å². The second-order valence-electron chi connectivity index (χ2n) is 5.55. The van der Waals surface area contributed by atoms with Gasteiger partial charge in [-0.05, 0) is 48.4 Å². The number of anilines is 1. The van der Waals surface area contributed by atoms with Crippen LogP contribution in [-0.2, 0) is 4.79 Å². The SMILES string of the molecule is COc1cc(/C=C/C(=O)Nc2ccc(C)cc2F)cc2c1OCCO2. The van der Waals surface area contributed by atoms with Gasteiger partial charge in [0, 0.05) is 6.08 Å². The molecule has 0 saturated heterocycles. The van der Waals surface area contributed by atoms with Crippen LogP contribution in [0.25, 0.3) is 6.08 Å². The molecule has 0 aliphatic carbocycles. The van der Waals surface area contributed by atoms with E-state index in [1.165, 1.54) is 25.3 Å². The minimum atomic E-state index is -0.470. The summed E-state index contributed by atoms with van der Waals surface area (Å²) in [6.45, 7) is 2.70. The Hall–Kier alpha value is -3.02. The number of halogens is 1. The largest absolute Gasteiger partial charge is 0.493 e. The third-order valence-electron chi connectivity index (χ3n) is 3.66. The zero-order valence-corrected chi connectivity index (χ0v) is 14.0. The average Bonchev–Trinajstić information content (AvgIpc) is 2.61. The predicted octanol–water partition coefficient (Wildman–Crippen LogP) is 3.57. The number of hydrogen-bond acceptors (Lipinski definition) is 4. The normalized spacial score (nSPS) is 12.9. The minimum Gasteiger partial charge on any atom is -0.493 e. The highest BCUT2D eigenvalue weighted by atomic mass is 19.1. The van der Waals surface area contributed by atoms with E-state index >= 15 is 0 Å². The number of ether oxygens (including phenoxy) is 3. The van der Waals surface area contributed by atoms with Crippen LogP contribution >= 0.6 is 0 Å². The molecule has 1 amide bonds. The van der Waals surface area contributed by atoms with E-state index in [-0.39, 0.29) is 5.69 Å². The molecule has 1 N–H and O–H groups in total. The summed E-state index contributed by atoms with van der Waals surface area (Å²) >= 11 is 0. The summed E-state index contributed by atoms with van der Waals surface area (Å²) < 4.78 is 30.1. The summed E-state index contributed by atoms with van der Waals surface area (Å²) in [5.74, 6) is 0.744. The predicted molar refractivity (Wildman–Crippen MR) is 92.8 cm³/mol. The Bertz CT molecular complexity index is 815. The van der Waals surface area contributed by atoms with Crippen molar-refractivity contribution in [3.8, 4) is 17.2 Å². The molecule has 6 heteroatoms. The van der Waals surface area contributed by atoms with Crippen molar-refractivity contribution < 1.29 is 23.4 Å². The summed E-state index contributed by atoms with van der Waals surface area (Å²) in [5, 5.41) is 2.51. The van der Waals surface area contributed by atoms with Gasteiger partial charge >= 0.3 is 0 Å². The molecule has 25 heavy (non-hydrogen) atoms. The highest BCUT2D eigenvalue weighted by Gasteiger charge is 2.17. The quantitative estimate of drug-likeness (QED) is 0.863. The number of rotatable bonds is 4. The zero-order valence-electron chi connectivity index (χ0n) is 14.0. The third kappa shape index (κ3) is 3.91. The number of methoxy groups -OCH3 is 1. The first-order valence-corrected chi connectivity index (χ1v) is 7.79. The monoisotopic (exact) mass is 343 g/mol. The Balaban J connectivity index is 1.76. The number of hydrogen-bond donors (Lipinski definition) is 1. The third-order valence-corrected chi connectivity index (χ3v) is 3.66. The summed E-state index contributed by atoms with van der Waals surface area (Å²) in [4.78, 5) is 12.0. The molecule has 0 unspecified atom stereocenters. The number of fused-ring (bicyclic) bond motifs is 1. The van der Waals surface area contributed by atoms with Crippen molar-refractivity contribution in [3.05, 3.63) is 53.4 Å². The molecule has 5 nitrogen and oxygen atoms in total. The van der Waals surface area contributed by atoms with E-state index in [4.69, 9.17) is 14.2 Å². The first kappa shape index (κ1) is 16.8. The second kappa shape index (κ2) is 7.25. The van der Waals surface area contributed by atoms with Gasteiger partial charge < -0.3 is 19.5 Å². The average molecular weight is 343 g/mol. The lowest BCUT2D eigenvalue weighted by molar-refractivity contribution is -0.111. The Morgan fingerprint density at radius 1 is 1.24 bits per heavy atom. The second-order valence-corrected chi connectivity index (χ2v) is 5.55. The molecule has 3 rings (SSSR count). The molecule has 0 bridgehead atoms. The number of nitrogens with one attached hydrogen (secondary N) is 1. The van der Waals surface area contributed by atoms with Gasteiger partial charge in [-0.3, -0.25) is 4.79 Å². The fourth-order valence-corrected chi connectivity index (χ4v) is 2.46. The fourth-order valence-electron chi connectivity index (χ4n) is 2.46. The van der Waals surface area contributed by atoms with Crippen LogP contribution in [0.1, 0.15) is 11.1 Å². The number of carbonyl (C=O) groups excluding carboxylic acids is 1. The Morgan fingerprint density at radius 3 is 2.80 bits per heavy atom. The smallest absolute Gasteiger partial charge is 0.248 e. The maximum Gasteiger partial charge on any atom is 0.248 e. The lowest BCUT2D eigenvalue weighted by Gasteiger charge is -2.20. The van der Waals surface area contributed by atoms with Crippen molar-refractivity contribution in [2.45, 2.75) is 6.92 Å². The Kier molecular flexibility index (Phi) is 4.88. The standard InChI is InChI=1S/C19H18FNO4/c1-12-3-5-15(14(20)9-12)21-18(22)6-4-13-10-16(23-2)19-17(11-13)24-7-8-25-19/h3-6,9-11H,7-8H2,1-2H3,(H,21,22)/b6-4+. The van der Waals surface area contributed by atoms with Gasteiger partial charge in [0.25, 0.3) is 0 Å². The fraction of sp³-hybridized carbons (Fsp3) is 0.211. The van der Waals surface area contributed by atoms with E-state index in [9.17, 15) is 9.18 Å². The van der Waals surface area contributed by atoms with E-state index in [1.54, 1.807) is 31.2 Å².